The first-order chi connectivity index (χ1) is 7.41. The van der Waals surface area contributed by atoms with Crippen molar-refractivity contribution >= 4 is 11.9 Å². The number of nitrogens with one attached hydrogen (secondary N) is 1. The van der Waals surface area contributed by atoms with Crippen molar-refractivity contribution in [2.24, 2.45) is 5.41 Å². The van der Waals surface area contributed by atoms with Gasteiger partial charge in [-0.15, -0.1) is 0 Å². The molecule has 0 aromatic heterocycles. The summed E-state index contributed by atoms with van der Waals surface area (Å²) >= 11 is 0. The van der Waals surface area contributed by atoms with Gasteiger partial charge in [-0.3, -0.25) is 4.79 Å². The molecule has 0 aromatic carbocycles. The van der Waals surface area contributed by atoms with Gasteiger partial charge in [-0.1, -0.05) is 20.8 Å². The highest BCUT2D eigenvalue weighted by Gasteiger charge is 2.24. The highest BCUT2D eigenvalue weighted by molar-refractivity contribution is 5.87. The lowest BCUT2D eigenvalue weighted by Gasteiger charge is -2.23. The quantitative estimate of drug-likeness (QED) is 0.829. The van der Waals surface area contributed by atoms with Crippen molar-refractivity contribution in [3.63, 3.8) is 0 Å². The van der Waals surface area contributed by atoms with Crippen LogP contribution in [0.1, 0.15) is 54.9 Å². The van der Waals surface area contributed by atoms with Crippen LogP contribution in [0, 0.1) is 5.41 Å². The molecule has 0 saturated carbocycles. The highest BCUT2D eigenvalue weighted by Crippen LogP contribution is 2.19. The summed E-state index contributed by atoms with van der Waals surface area (Å²) < 4.78 is 5.09. The fourth-order valence-corrected chi connectivity index (χ4v) is 1.24. The van der Waals surface area contributed by atoms with Crippen molar-refractivity contribution in [2.75, 3.05) is 0 Å². The van der Waals surface area contributed by atoms with E-state index in [1.54, 1.807) is 27.7 Å². The van der Waals surface area contributed by atoms with Gasteiger partial charge in [-0.25, -0.2) is 4.79 Å². The predicted octanol–water partition coefficient (Wildman–Crippen LogP) is 2.90. The van der Waals surface area contributed by atoms with Gasteiger partial charge in [-0.05, 0) is 33.1 Å². The molecular weight excluding hydrogens is 218 g/mol. The van der Waals surface area contributed by atoms with E-state index in [9.17, 15) is 9.59 Å². The third-order valence-corrected chi connectivity index (χ3v) is 1.92. The number of hydrogen-bond acceptors (Lipinski definition) is 3. The maximum atomic E-state index is 11.8. The van der Waals surface area contributed by atoms with Crippen LogP contribution in [0.15, 0.2) is 0 Å². The second-order valence-corrected chi connectivity index (χ2v) is 6.57. The molecule has 0 bridgehead atoms. The molecule has 17 heavy (non-hydrogen) atoms. The Hall–Kier alpha value is -1.06. The Bertz CT molecular complexity index is 284. The van der Waals surface area contributed by atoms with Crippen LogP contribution in [0.5, 0.6) is 0 Å². The van der Waals surface area contributed by atoms with E-state index < -0.39 is 17.7 Å². The van der Waals surface area contributed by atoms with E-state index in [2.05, 4.69) is 5.32 Å². The molecule has 0 aromatic rings. The van der Waals surface area contributed by atoms with Gasteiger partial charge >= 0.3 is 6.09 Å². The van der Waals surface area contributed by atoms with Crippen LogP contribution in [0.25, 0.3) is 0 Å². The number of amides is 1. The molecule has 0 unspecified atom stereocenters. The van der Waals surface area contributed by atoms with Gasteiger partial charge in [0.05, 0.1) is 6.04 Å². The normalized spacial score (nSPS) is 14.1. The Labute approximate surface area is 104 Å². The van der Waals surface area contributed by atoms with Crippen LogP contribution in [0.3, 0.4) is 0 Å². The first kappa shape index (κ1) is 15.9. The molecule has 0 rings (SSSR count). The number of ether oxygens (including phenoxy) is 1. The number of carbonyl (C=O) groups is 2. The second-order valence-electron chi connectivity index (χ2n) is 6.57. The molecule has 0 aliphatic rings. The maximum absolute atomic E-state index is 11.8. The Kier molecular flexibility index (Phi) is 5.17. The van der Waals surface area contributed by atoms with Crippen molar-refractivity contribution in [3.8, 4) is 0 Å². The molecule has 1 N–H and O–H groups in total. The lowest BCUT2D eigenvalue weighted by atomic mass is 9.88. The Morgan fingerprint density at radius 3 is 1.94 bits per heavy atom. The average molecular weight is 243 g/mol. The molecule has 4 heteroatoms. The molecule has 0 saturated heterocycles. The summed E-state index contributed by atoms with van der Waals surface area (Å²) in [6, 6.07) is -0.510. The fourth-order valence-electron chi connectivity index (χ4n) is 1.24. The fraction of sp³-hybridized carbons (Fsp3) is 0.846. The van der Waals surface area contributed by atoms with Crippen LogP contribution in [-0.4, -0.2) is 23.5 Å². The zero-order valence-corrected chi connectivity index (χ0v) is 12.0. The minimum absolute atomic E-state index is 0.0170. The number of carbonyl (C=O) groups excluding carboxylic acids is 2. The van der Waals surface area contributed by atoms with E-state index in [0.717, 1.165) is 0 Å². The first-order valence-electron chi connectivity index (χ1n) is 5.93. The molecule has 0 heterocycles. The van der Waals surface area contributed by atoms with Crippen molar-refractivity contribution in [2.45, 2.75) is 66.5 Å². The number of rotatable bonds is 3. The van der Waals surface area contributed by atoms with Crippen LogP contribution < -0.4 is 5.32 Å². The van der Waals surface area contributed by atoms with E-state index >= 15 is 0 Å². The lowest BCUT2D eigenvalue weighted by Crippen LogP contribution is -2.42. The topological polar surface area (TPSA) is 55.4 Å². The van der Waals surface area contributed by atoms with Gasteiger partial charge in [-0.2, -0.15) is 0 Å². The van der Waals surface area contributed by atoms with Crippen molar-refractivity contribution in [3.05, 3.63) is 0 Å². The Balaban J connectivity index is 4.22. The number of hydrogen-bond donors (Lipinski definition) is 1. The minimum Gasteiger partial charge on any atom is -0.444 e. The Morgan fingerprint density at radius 1 is 1.12 bits per heavy atom. The monoisotopic (exact) mass is 243 g/mol. The van der Waals surface area contributed by atoms with Gasteiger partial charge in [0.1, 0.15) is 5.60 Å². The smallest absolute Gasteiger partial charge is 0.408 e. The Morgan fingerprint density at radius 2 is 1.59 bits per heavy atom. The summed E-state index contributed by atoms with van der Waals surface area (Å²) in [5.41, 5.74) is -0.613. The van der Waals surface area contributed by atoms with Gasteiger partial charge < -0.3 is 10.1 Å². The molecule has 0 radical (unpaired) electrons. The van der Waals surface area contributed by atoms with Gasteiger partial charge in [0.25, 0.3) is 0 Å². The van der Waals surface area contributed by atoms with Gasteiger partial charge in [0, 0.05) is 6.42 Å². The van der Waals surface area contributed by atoms with E-state index in [0.29, 0.717) is 6.42 Å². The minimum atomic E-state index is -0.549. The van der Waals surface area contributed by atoms with Crippen molar-refractivity contribution < 1.29 is 14.3 Å². The number of ketones is 1. The van der Waals surface area contributed by atoms with E-state index in [1.807, 2.05) is 20.8 Å². The molecule has 1 amide bonds. The third kappa shape index (κ3) is 8.72. The highest BCUT2D eigenvalue weighted by atomic mass is 16.6. The second kappa shape index (κ2) is 5.52. The summed E-state index contributed by atoms with van der Waals surface area (Å²) in [6.07, 6.45) is -0.114. The summed E-state index contributed by atoms with van der Waals surface area (Å²) in [5, 5.41) is 2.55. The van der Waals surface area contributed by atoms with Crippen LogP contribution >= 0.6 is 0 Å². The lowest BCUT2D eigenvalue weighted by molar-refractivity contribution is -0.122. The standard InChI is InChI=1S/C13H25NO3/c1-9(10(15)8-12(2,3)4)14-11(16)17-13(5,6)7/h9H,8H2,1-7H3,(H,14,16)/t9-/m0/s1. The SMILES string of the molecule is C[C@H](NC(=O)OC(C)(C)C)C(=O)CC(C)(C)C. The summed E-state index contributed by atoms with van der Waals surface area (Å²) in [6.45, 7) is 13.0. The number of Topliss-reactive ketones (excluding diaryl/α,β-unsaturated/α-hetero) is 1. The summed E-state index contributed by atoms with van der Waals surface area (Å²) in [4.78, 5) is 23.2. The molecule has 100 valence electrons. The maximum Gasteiger partial charge on any atom is 0.408 e. The van der Waals surface area contributed by atoms with Crippen LogP contribution in [-0.2, 0) is 9.53 Å². The molecule has 1 atom stereocenters. The molecule has 0 spiro atoms. The van der Waals surface area contributed by atoms with Crippen molar-refractivity contribution in [1.82, 2.24) is 5.32 Å². The molecule has 0 aliphatic heterocycles. The zero-order valence-electron chi connectivity index (χ0n) is 12.0. The predicted molar refractivity (Wildman–Crippen MR) is 67.9 cm³/mol. The molecule has 0 aliphatic carbocycles. The third-order valence-electron chi connectivity index (χ3n) is 1.92. The van der Waals surface area contributed by atoms with E-state index in [1.165, 1.54) is 0 Å². The van der Waals surface area contributed by atoms with E-state index in [4.69, 9.17) is 4.74 Å². The van der Waals surface area contributed by atoms with Crippen LogP contribution in [0.4, 0.5) is 4.79 Å². The first-order valence-corrected chi connectivity index (χ1v) is 5.93. The average Bonchev–Trinajstić information content (AvgIpc) is 1.95. The number of alkyl carbamates (subject to hydrolysis) is 1. The molecule has 0 fully saturated rings. The largest absolute Gasteiger partial charge is 0.444 e. The summed E-state index contributed by atoms with van der Waals surface area (Å²) in [5.74, 6) is 0.0170. The van der Waals surface area contributed by atoms with Crippen molar-refractivity contribution in [1.29, 1.82) is 0 Å². The van der Waals surface area contributed by atoms with E-state index in [-0.39, 0.29) is 11.2 Å². The molecule has 4 nitrogen and oxygen atoms in total. The van der Waals surface area contributed by atoms with Crippen LogP contribution in [0.2, 0.25) is 0 Å². The zero-order chi connectivity index (χ0) is 13.9. The van der Waals surface area contributed by atoms with Gasteiger partial charge in [0.15, 0.2) is 5.78 Å². The van der Waals surface area contributed by atoms with Gasteiger partial charge in [0.2, 0.25) is 0 Å². The molecular formula is C13H25NO3. The summed E-state index contributed by atoms with van der Waals surface area (Å²) in [7, 11) is 0.